The minimum atomic E-state index is 0.0864. The number of hydrogen-bond acceptors (Lipinski definition) is 2. The molecule has 3 heteroatoms. The fourth-order valence-corrected chi connectivity index (χ4v) is 3.76. The van der Waals surface area contributed by atoms with Crippen molar-refractivity contribution in [3.8, 4) is 0 Å². The molecule has 2 bridgehead atoms. The lowest BCUT2D eigenvalue weighted by atomic mass is 9.95. The lowest BCUT2D eigenvalue weighted by molar-refractivity contribution is 0.0923. The van der Waals surface area contributed by atoms with E-state index < -0.39 is 0 Å². The van der Waals surface area contributed by atoms with Crippen LogP contribution >= 0.6 is 0 Å². The second-order valence-electron chi connectivity index (χ2n) is 6.03. The molecule has 3 atom stereocenters. The van der Waals surface area contributed by atoms with E-state index in [0.29, 0.717) is 6.04 Å². The van der Waals surface area contributed by atoms with Crippen LogP contribution in [0.5, 0.6) is 0 Å². The largest absolute Gasteiger partial charge is 0.388 e. The molecule has 19 heavy (non-hydrogen) atoms. The fourth-order valence-electron chi connectivity index (χ4n) is 3.76. The number of benzene rings is 1. The third kappa shape index (κ3) is 2.34. The van der Waals surface area contributed by atoms with Crippen molar-refractivity contribution in [3.63, 3.8) is 0 Å². The van der Waals surface area contributed by atoms with Gasteiger partial charge in [-0.05, 0) is 61.8 Å². The molecule has 3 nitrogen and oxygen atoms in total. The van der Waals surface area contributed by atoms with Gasteiger partial charge in [-0.3, -0.25) is 4.79 Å². The molecule has 1 aromatic carbocycles. The number of fused-ring (bicyclic) bond motifs is 2. The van der Waals surface area contributed by atoms with Crippen molar-refractivity contribution in [1.29, 1.82) is 0 Å². The normalized spacial score (nSPS) is 28.4. The van der Waals surface area contributed by atoms with Crippen LogP contribution < -0.4 is 10.6 Å². The van der Waals surface area contributed by atoms with E-state index in [0.717, 1.165) is 28.7 Å². The molecular weight excluding hydrogens is 236 g/mol. The van der Waals surface area contributed by atoms with Crippen LogP contribution in [0.4, 0.5) is 5.69 Å². The third-order valence-corrected chi connectivity index (χ3v) is 4.81. The first-order chi connectivity index (χ1) is 9.17. The van der Waals surface area contributed by atoms with Crippen LogP contribution in [-0.2, 0) is 0 Å². The summed E-state index contributed by atoms with van der Waals surface area (Å²) in [6.45, 7) is 2.03. The maximum Gasteiger partial charge on any atom is 0.251 e. The van der Waals surface area contributed by atoms with E-state index in [2.05, 4.69) is 10.6 Å². The van der Waals surface area contributed by atoms with Crippen LogP contribution in [0.15, 0.2) is 18.2 Å². The van der Waals surface area contributed by atoms with Crippen LogP contribution in [0.2, 0.25) is 0 Å². The highest BCUT2D eigenvalue weighted by molar-refractivity contribution is 5.95. The predicted octanol–water partition coefficient (Wildman–Crippen LogP) is 2.96. The minimum absolute atomic E-state index is 0.0864. The van der Waals surface area contributed by atoms with E-state index >= 15 is 0 Å². The standard InChI is InChI=1S/C16H22N2O/c1-10-7-13(5-6-14(10)17-2)16(19)18-15-9-11-3-4-12(15)8-11/h5-7,11-12,15,17H,3-4,8-9H2,1-2H3,(H,18,19). The van der Waals surface area contributed by atoms with Gasteiger partial charge in [0, 0.05) is 24.3 Å². The molecule has 0 aromatic heterocycles. The molecule has 0 saturated heterocycles. The summed E-state index contributed by atoms with van der Waals surface area (Å²) < 4.78 is 0. The molecule has 1 amide bonds. The topological polar surface area (TPSA) is 41.1 Å². The first kappa shape index (κ1) is 12.5. The van der Waals surface area contributed by atoms with Crippen LogP contribution in [0.25, 0.3) is 0 Å². The molecule has 2 aliphatic carbocycles. The number of nitrogens with one attached hydrogen (secondary N) is 2. The summed E-state index contributed by atoms with van der Waals surface area (Å²) in [7, 11) is 1.90. The van der Waals surface area contributed by atoms with E-state index in [9.17, 15) is 4.79 Å². The monoisotopic (exact) mass is 258 g/mol. The Morgan fingerprint density at radius 1 is 1.26 bits per heavy atom. The third-order valence-electron chi connectivity index (χ3n) is 4.81. The fraction of sp³-hybridized carbons (Fsp3) is 0.562. The molecular formula is C16H22N2O. The van der Waals surface area contributed by atoms with Crippen LogP contribution in [0, 0.1) is 18.8 Å². The number of amides is 1. The van der Waals surface area contributed by atoms with Crippen molar-refractivity contribution in [2.45, 2.75) is 38.6 Å². The number of carbonyl (C=O) groups is 1. The van der Waals surface area contributed by atoms with E-state index in [4.69, 9.17) is 0 Å². The van der Waals surface area contributed by atoms with Crippen LogP contribution in [-0.4, -0.2) is 19.0 Å². The Morgan fingerprint density at radius 3 is 2.68 bits per heavy atom. The highest BCUT2D eigenvalue weighted by atomic mass is 16.1. The van der Waals surface area contributed by atoms with E-state index in [1.54, 1.807) is 0 Å². The summed E-state index contributed by atoms with van der Waals surface area (Å²) in [5.74, 6) is 1.68. The minimum Gasteiger partial charge on any atom is -0.388 e. The van der Waals surface area contributed by atoms with Crippen LogP contribution in [0.3, 0.4) is 0 Å². The Kier molecular flexibility index (Phi) is 3.21. The zero-order valence-corrected chi connectivity index (χ0v) is 11.7. The Hall–Kier alpha value is -1.51. The molecule has 0 heterocycles. The molecule has 102 valence electrons. The van der Waals surface area contributed by atoms with Crippen LogP contribution in [0.1, 0.15) is 41.6 Å². The van der Waals surface area contributed by atoms with Gasteiger partial charge >= 0.3 is 0 Å². The number of rotatable bonds is 3. The van der Waals surface area contributed by atoms with Gasteiger partial charge < -0.3 is 10.6 Å². The number of hydrogen-bond donors (Lipinski definition) is 2. The molecule has 2 aliphatic rings. The predicted molar refractivity (Wildman–Crippen MR) is 77.4 cm³/mol. The zero-order chi connectivity index (χ0) is 13.4. The summed E-state index contributed by atoms with van der Waals surface area (Å²) in [4.78, 5) is 12.3. The lowest BCUT2D eigenvalue weighted by Crippen LogP contribution is -2.38. The van der Waals surface area contributed by atoms with Gasteiger partial charge in [0.2, 0.25) is 0 Å². The Labute approximate surface area is 114 Å². The van der Waals surface area contributed by atoms with Crippen molar-refractivity contribution in [1.82, 2.24) is 5.32 Å². The average molecular weight is 258 g/mol. The van der Waals surface area contributed by atoms with Crippen molar-refractivity contribution >= 4 is 11.6 Å². The van der Waals surface area contributed by atoms with Gasteiger partial charge in [0.15, 0.2) is 0 Å². The van der Waals surface area contributed by atoms with Gasteiger partial charge in [-0.1, -0.05) is 6.42 Å². The van der Waals surface area contributed by atoms with Gasteiger partial charge in [-0.2, -0.15) is 0 Å². The first-order valence-corrected chi connectivity index (χ1v) is 7.26. The molecule has 2 saturated carbocycles. The van der Waals surface area contributed by atoms with Crippen molar-refractivity contribution < 1.29 is 4.79 Å². The Balaban J connectivity index is 1.69. The lowest BCUT2D eigenvalue weighted by Gasteiger charge is -2.23. The number of anilines is 1. The summed E-state index contributed by atoms with van der Waals surface area (Å²) in [6, 6.07) is 6.26. The van der Waals surface area contributed by atoms with Gasteiger partial charge in [0.1, 0.15) is 0 Å². The second kappa shape index (κ2) is 4.87. The van der Waals surface area contributed by atoms with Gasteiger partial charge in [-0.25, -0.2) is 0 Å². The summed E-state index contributed by atoms with van der Waals surface area (Å²) >= 11 is 0. The first-order valence-electron chi connectivity index (χ1n) is 7.26. The summed E-state index contributed by atoms with van der Waals surface area (Å²) in [5.41, 5.74) is 2.97. The highest BCUT2D eigenvalue weighted by Gasteiger charge is 2.40. The van der Waals surface area contributed by atoms with E-state index in [1.807, 2.05) is 32.2 Å². The highest BCUT2D eigenvalue weighted by Crippen LogP contribution is 2.44. The number of aryl methyl sites for hydroxylation is 1. The van der Waals surface area contributed by atoms with E-state index in [-0.39, 0.29) is 5.91 Å². The molecule has 3 rings (SSSR count). The SMILES string of the molecule is CNc1ccc(C(=O)NC2CC3CCC2C3)cc1C. The molecule has 0 radical (unpaired) electrons. The quantitative estimate of drug-likeness (QED) is 0.875. The molecule has 0 aliphatic heterocycles. The van der Waals surface area contributed by atoms with Crippen molar-refractivity contribution in [2.75, 3.05) is 12.4 Å². The van der Waals surface area contributed by atoms with Crippen molar-refractivity contribution in [3.05, 3.63) is 29.3 Å². The number of carbonyl (C=O) groups excluding carboxylic acids is 1. The van der Waals surface area contributed by atoms with Crippen molar-refractivity contribution in [2.24, 2.45) is 11.8 Å². The molecule has 2 fully saturated rings. The Bertz CT molecular complexity index is 498. The molecule has 0 spiro atoms. The molecule has 1 aromatic rings. The smallest absolute Gasteiger partial charge is 0.251 e. The summed E-state index contributed by atoms with van der Waals surface area (Å²) in [5, 5.41) is 6.36. The van der Waals surface area contributed by atoms with Gasteiger partial charge in [-0.15, -0.1) is 0 Å². The maximum atomic E-state index is 12.3. The summed E-state index contributed by atoms with van der Waals surface area (Å²) in [6.07, 6.45) is 5.17. The molecule has 3 unspecified atom stereocenters. The average Bonchev–Trinajstić information content (AvgIpc) is 3.00. The second-order valence-corrected chi connectivity index (χ2v) is 6.03. The van der Waals surface area contributed by atoms with Gasteiger partial charge in [0.05, 0.1) is 0 Å². The van der Waals surface area contributed by atoms with E-state index in [1.165, 1.54) is 25.7 Å². The Morgan fingerprint density at radius 2 is 2.11 bits per heavy atom. The zero-order valence-electron chi connectivity index (χ0n) is 11.7. The maximum absolute atomic E-state index is 12.3. The van der Waals surface area contributed by atoms with Gasteiger partial charge in [0.25, 0.3) is 5.91 Å². The molecule has 2 N–H and O–H groups in total.